The van der Waals surface area contributed by atoms with Crippen LogP contribution >= 0.6 is 23.2 Å². The molecule has 1 aromatic rings. The lowest BCUT2D eigenvalue weighted by Gasteiger charge is -2.22. The van der Waals surface area contributed by atoms with Crippen molar-refractivity contribution in [2.45, 2.75) is 39.2 Å². The highest BCUT2D eigenvalue weighted by Crippen LogP contribution is 2.26. The molecule has 1 aromatic carbocycles. The average molecular weight is 286 g/mol. The average Bonchev–Trinajstić information content (AvgIpc) is 3.10. The molecule has 1 saturated carbocycles. The van der Waals surface area contributed by atoms with E-state index in [-0.39, 0.29) is 0 Å². The van der Waals surface area contributed by atoms with E-state index >= 15 is 0 Å². The lowest BCUT2D eigenvalue weighted by molar-refractivity contribution is 0.359. The Hall–Kier alpha value is -0.240. The summed E-state index contributed by atoms with van der Waals surface area (Å²) >= 11 is 12.2. The normalized spacial score (nSPS) is 17.2. The summed E-state index contributed by atoms with van der Waals surface area (Å²) in [7, 11) is 0. The molecular formula is C15H21Cl2N. The van der Waals surface area contributed by atoms with E-state index in [0.717, 1.165) is 24.0 Å². The molecule has 1 aliphatic rings. The zero-order chi connectivity index (χ0) is 13.1. The summed E-state index contributed by atoms with van der Waals surface area (Å²) < 4.78 is 0. The molecule has 1 atom stereocenters. The Labute approximate surface area is 120 Å². The lowest BCUT2D eigenvalue weighted by Crippen LogP contribution is -2.29. The Morgan fingerprint density at radius 3 is 2.56 bits per heavy atom. The van der Waals surface area contributed by atoms with Crippen LogP contribution in [-0.4, -0.2) is 12.6 Å². The smallest absolute Gasteiger partial charge is 0.0452 e. The van der Waals surface area contributed by atoms with Crippen LogP contribution in [0.5, 0.6) is 0 Å². The van der Waals surface area contributed by atoms with Gasteiger partial charge in [0.1, 0.15) is 0 Å². The fraction of sp³-hybridized carbons (Fsp3) is 0.600. The Balaban J connectivity index is 1.97. The molecule has 1 aliphatic carbocycles. The zero-order valence-corrected chi connectivity index (χ0v) is 12.6. The van der Waals surface area contributed by atoms with Gasteiger partial charge in [0.05, 0.1) is 0 Å². The van der Waals surface area contributed by atoms with E-state index in [0.29, 0.717) is 16.9 Å². The van der Waals surface area contributed by atoms with E-state index in [1.165, 1.54) is 18.4 Å². The summed E-state index contributed by atoms with van der Waals surface area (Å²) in [5.74, 6) is 1.28. The van der Waals surface area contributed by atoms with E-state index in [1.54, 1.807) is 0 Å². The van der Waals surface area contributed by atoms with E-state index in [4.69, 9.17) is 23.2 Å². The minimum atomic E-state index is 0.629. The molecule has 0 spiro atoms. The summed E-state index contributed by atoms with van der Waals surface area (Å²) in [4.78, 5) is 0. The fourth-order valence-electron chi connectivity index (χ4n) is 2.12. The molecule has 0 aromatic heterocycles. The van der Waals surface area contributed by atoms with Crippen molar-refractivity contribution in [2.24, 2.45) is 11.8 Å². The Morgan fingerprint density at radius 1 is 1.28 bits per heavy atom. The first-order chi connectivity index (χ1) is 8.56. The number of hydrogen-bond donors (Lipinski definition) is 1. The SMILES string of the molecule is CC(C)C(CNC1CC1)Cc1ccc(Cl)cc1Cl. The van der Waals surface area contributed by atoms with Gasteiger partial charge < -0.3 is 5.32 Å². The van der Waals surface area contributed by atoms with Gasteiger partial charge in [-0.2, -0.15) is 0 Å². The van der Waals surface area contributed by atoms with Crippen LogP contribution in [0.15, 0.2) is 18.2 Å². The van der Waals surface area contributed by atoms with Gasteiger partial charge in [-0.25, -0.2) is 0 Å². The molecule has 0 radical (unpaired) electrons. The minimum Gasteiger partial charge on any atom is -0.314 e. The van der Waals surface area contributed by atoms with Crippen LogP contribution in [0.3, 0.4) is 0 Å². The molecule has 1 fully saturated rings. The molecular weight excluding hydrogens is 265 g/mol. The van der Waals surface area contributed by atoms with Crippen molar-refractivity contribution >= 4 is 23.2 Å². The molecule has 0 aliphatic heterocycles. The van der Waals surface area contributed by atoms with Crippen molar-refractivity contribution in [1.82, 2.24) is 5.32 Å². The second-order valence-corrected chi connectivity index (χ2v) is 6.47. The number of rotatable bonds is 6. The molecule has 100 valence electrons. The molecule has 1 N–H and O–H groups in total. The number of hydrogen-bond acceptors (Lipinski definition) is 1. The molecule has 1 nitrogen and oxygen atoms in total. The van der Waals surface area contributed by atoms with E-state index in [1.807, 2.05) is 12.1 Å². The third-order valence-electron chi connectivity index (χ3n) is 3.69. The van der Waals surface area contributed by atoms with E-state index in [9.17, 15) is 0 Å². The standard InChI is InChI=1S/C15H21Cl2N/c1-10(2)12(9-18-14-5-6-14)7-11-3-4-13(16)8-15(11)17/h3-4,8,10,12,14,18H,5-7,9H2,1-2H3. The first-order valence-corrected chi connectivity index (χ1v) is 7.49. The van der Waals surface area contributed by atoms with Crippen LogP contribution in [0.25, 0.3) is 0 Å². The van der Waals surface area contributed by atoms with E-state index in [2.05, 4.69) is 25.2 Å². The quantitative estimate of drug-likeness (QED) is 0.808. The fourth-order valence-corrected chi connectivity index (χ4v) is 2.60. The second-order valence-electron chi connectivity index (χ2n) is 5.63. The van der Waals surface area contributed by atoms with Crippen molar-refractivity contribution in [1.29, 1.82) is 0 Å². The van der Waals surface area contributed by atoms with Crippen LogP contribution in [0.4, 0.5) is 0 Å². The highest BCUT2D eigenvalue weighted by Gasteiger charge is 2.23. The number of nitrogens with one attached hydrogen (secondary N) is 1. The van der Waals surface area contributed by atoms with Crippen LogP contribution in [0, 0.1) is 11.8 Å². The van der Waals surface area contributed by atoms with Crippen molar-refractivity contribution in [3.63, 3.8) is 0 Å². The molecule has 0 amide bonds. The predicted molar refractivity (Wildman–Crippen MR) is 79.5 cm³/mol. The van der Waals surface area contributed by atoms with Gasteiger partial charge in [-0.3, -0.25) is 0 Å². The third-order valence-corrected chi connectivity index (χ3v) is 4.27. The number of benzene rings is 1. The van der Waals surface area contributed by atoms with Gasteiger partial charge in [-0.05, 0) is 55.3 Å². The monoisotopic (exact) mass is 285 g/mol. The highest BCUT2D eigenvalue weighted by atomic mass is 35.5. The molecule has 2 rings (SSSR count). The Bertz CT molecular complexity index is 399. The first-order valence-electron chi connectivity index (χ1n) is 6.73. The van der Waals surface area contributed by atoms with Crippen LogP contribution in [0.2, 0.25) is 10.0 Å². The molecule has 1 unspecified atom stereocenters. The van der Waals surface area contributed by atoms with Crippen molar-refractivity contribution < 1.29 is 0 Å². The maximum Gasteiger partial charge on any atom is 0.0452 e. The second kappa shape index (κ2) is 6.27. The topological polar surface area (TPSA) is 12.0 Å². The molecule has 0 bridgehead atoms. The van der Waals surface area contributed by atoms with Gasteiger partial charge in [0.25, 0.3) is 0 Å². The van der Waals surface area contributed by atoms with E-state index < -0.39 is 0 Å². The summed E-state index contributed by atoms with van der Waals surface area (Å²) in [6, 6.07) is 6.59. The zero-order valence-electron chi connectivity index (χ0n) is 11.0. The van der Waals surface area contributed by atoms with Gasteiger partial charge >= 0.3 is 0 Å². The number of halogens is 2. The summed E-state index contributed by atoms with van der Waals surface area (Å²) in [5.41, 5.74) is 1.21. The predicted octanol–water partition coefficient (Wildman–Crippen LogP) is 4.56. The third kappa shape index (κ3) is 4.15. The van der Waals surface area contributed by atoms with Crippen molar-refractivity contribution in [3.8, 4) is 0 Å². The van der Waals surface area contributed by atoms with Gasteiger partial charge in [-0.1, -0.05) is 43.1 Å². The Kier molecular flexibility index (Phi) is 4.94. The van der Waals surface area contributed by atoms with Gasteiger partial charge in [0.15, 0.2) is 0 Å². The highest BCUT2D eigenvalue weighted by molar-refractivity contribution is 6.35. The van der Waals surface area contributed by atoms with Crippen LogP contribution in [-0.2, 0) is 6.42 Å². The van der Waals surface area contributed by atoms with Gasteiger partial charge in [0.2, 0.25) is 0 Å². The first kappa shape index (κ1) is 14.2. The lowest BCUT2D eigenvalue weighted by atomic mass is 9.89. The summed E-state index contributed by atoms with van der Waals surface area (Å²) in [6.45, 7) is 5.65. The van der Waals surface area contributed by atoms with Crippen LogP contribution in [0.1, 0.15) is 32.3 Å². The maximum absolute atomic E-state index is 6.25. The van der Waals surface area contributed by atoms with Crippen LogP contribution < -0.4 is 5.32 Å². The molecule has 3 heteroatoms. The van der Waals surface area contributed by atoms with Crippen molar-refractivity contribution in [2.75, 3.05) is 6.54 Å². The molecule has 0 saturated heterocycles. The van der Waals surface area contributed by atoms with Crippen molar-refractivity contribution in [3.05, 3.63) is 33.8 Å². The summed E-state index contributed by atoms with van der Waals surface area (Å²) in [6.07, 6.45) is 3.70. The molecule has 0 heterocycles. The maximum atomic E-state index is 6.25. The largest absolute Gasteiger partial charge is 0.314 e. The minimum absolute atomic E-state index is 0.629. The molecule has 18 heavy (non-hydrogen) atoms. The Morgan fingerprint density at radius 2 is 2.00 bits per heavy atom. The van der Waals surface area contributed by atoms with Gasteiger partial charge in [0, 0.05) is 16.1 Å². The van der Waals surface area contributed by atoms with Gasteiger partial charge in [-0.15, -0.1) is 0 Å². The summed E-state index contributed by atoms with van der Waals surface area (Å²) in [5, 5.41) is 5.12.